The number of anilines is 2. The number of aromatic nitrogens is 2. The van der Waals surface area contributed by atoms with Gasteiger partial charge in [-0.05, 0) is 30.7 Å². The molecule has 11 heteroatoms. The summed E-state index contributed by atoms with van der Waals surface area (Å²) in [5.41, 5.74) is 1.53. The standard InChI is InChI=1S/C19H26N4O5S2/c1-3-12-30(26,27)22-16-6-4-15(5-7-16)19-20-17(14-29(2,24)25)13-18(21-19)23-8-10-28-11-9-23/h4-7,13,22H,3,8-12,14H2,1-2H3. The van der Waals surface area contributed by atoms with Crippen molar-refractivity contribution in [3.63, 3.8) is 0 Å². The Morgan fingerprint density at radius 2 is 1.73 bits per heavy atom. The molecular weight excluding hydrogens is 428 g/mol. The molecule has 1 aliphatic rings. The summed E-state index contributed by atoms with van der Waals surface area (Å²) >= 11 is 0. The van der Waals surface area contributed by atoms with Crippen molar-refractivity contribution in [1.29, 1.82) is 0 Å². The highest BCUT2D eigenvalue weighted by atomic mass is 32.2. The normalized spacial score (nSPS) is 15.2. The van der Waals surface area contributed by atoms with Gasteiger partial charge in [0.25, 0.3) is 0 Å². The zero-order chi connectivity index (χ0) is 21.8. The summed E-state index contributed by atoms with van der Waals surface area (Å²) in [5.74, 6) is 0.901. The van der Waals surface area contributed by atoms with E-state index in [4.69, 9.17) is 4.74 Å². The highest BCUT2D eigenvalue weighted by Crippen LogP contribution is 2.24. The average Bonchev–Trinajstić information content (AvgIpc) is 2.67. The number of benzene rings is 1. The zero-order valence-electron chi connectivity index (χ0n) is 17.0. The van der Waals surface area contributed by atoms with E-state index in [-0.39, 0.29) is 11.5 Å². The lowest BCUT2D eigenvalue weighted by atomic mass is 10.2. The molecule has 0 saturated carbocycles. The van der Waals surface area contributed by atoms with Gasteiger partial charge in [0.2, 0.25) is 10.0 Å². The van der Waals surface area contributed by atoms with Crippen molar-refractivity contribution in [1.82, 2.24) is 9.97 Å². The van der Waals surface area contributed by atoms with E-state index >= 15 is 0 Å². The number of rotatable bonds is 8. The predicted octanol–water partition coefficient (Wildman–Crippen LogP) is 1.68. The number of ether oxygens (including phenoxy) is 1. The molecule has 1 aromatic carbocycles. The number of morpholine rings is 1. The third-order valence-corrected chi connectivity index (χ3v) is 6.71. The van der Waals surface area contributed by atoms with Gasteiger partial charge < -0.3 is 9.64 Å². The average molecular weight is 455 g/mol. The monoisotopic (exact) mass is 454 g/mol. The van der Waals surface area contributed by atoms with E-state index in [9.17, 15) is 16.8 Å². The first-order valence-corrected chi connectivity index (χ1v) is 13.4. The van der Waals surface area contributed by atoms with Gasteiger partial charge in [-0.2, -0.15) is 0 Å². The molecule has 2 heterocycles. The Hall–Kier alpha value is -2.24. The topological polar surface area (TPSA) is 119 Å². The molecule has 30 heavy (non-hydrogen) atoms. The number of nitrogens with one attached hydrogen (secondary N) is 1. The van der Waals surface area contributed by atoms with Crippen LogP contribution >= 0.6 is 0 Å². The van der Waals surface area contributed by atoms with E-state index in [1.165, 1.54) is 6.26 Å². The summed E-state index contributed by atoms with van der Waals surface area (Å²) in [6.07, 6.45) is 1.69. The van der Waals surface area contributed by atoms with E-state index in [0.29, 0.717) is 61.3 Å². The predicted molar refractivity (Wildman–Crippen MR) is 117 cm³/mol. The van der Waals surface area contributed by atoms with Crippen molar-refractivity contribution in [2.75, 3.05) is 47.9 Å². The summed E-state index contributed by atoms with van der Waals surface area (Å²) in [5, 5.41) is 0. The van der Waals surface area contributed by atoms with Crippen molar-refractivity contribution in [2.45, 2.75) is 19.1 Å². The molecule has 1 aliphatic heterocycles. The lowest BCUT2D eigenvalue weighted by Gasteiger charge is -2.28. The lowest BCUT2D eigenvalue weighted by Crippen LogP contribution is -2.37. The van der Waals surface area contributed by atoms with Crippen LogP contribution in [0.25, 0.3) is 11.4 Å². The van der Waals surface area contributed by atoms with Crippen molar-refractivity contribution in [3.8, 4) is 11.4 Å². The lowest BCUT2D eigenvalue weighted by molar-refractivity contribution is 0.122. The maximum Gasteiger partial charge on any atom is 0.232 e. The van der Waals surface area contributed by atoms with Gasteiger partial charge in [-0.1, -0.05) is 6.92 Å². The molecule has 0 unspecified atom stereocenters. The fourth-order valence-electron chi connectivity index (χ4n) is 3.10. The molecule has 1 N–H and O–H groups in total. The first-order chi connectivity index (χ1) is 14.1. The largest absolute Gasteiger partial charge is 0.378 e. The third-order valence-electron chi connectivity index (χ3n) is 4.40. The number of sulfone groups is 1. The minimum absolute atomic E-state index is 0.0499. The van der Waals surface area contributed by atoms with Gasteiger partial charge in [-0.3, -0.25) is 4.72 Å². The smallest absolute Gasteiger partial charge is 0.232 e. The van der Waals surface area contributed by atoms with Crippen molar-refractivity contribution < 1.29 is 21.6 Å². The van der Waals surface area contributed by atoms with E-state index in [0.717, 1.165) is 0 Å². The van der Waals surface area contributed by atoms with Crippen LogP contribution in [0, 0.1) is 0 Å². The summed E-state index contributed by atoms with van der Waals surface area (Å²) in [6.45, 7) is 4.27. The second-order valence-electron chi connectivity index (χ2n) is 7.21. The molecule has 1 aromatic heterocycles. The van der Waals surface area contributed by atoms with Gasteiger partial charge in [0, 0.05) is 36.7 Å². The third kappa shape index (κ3) is 6.38. The second kappa shape index (κ2) is 9.27. The molecule has 1 saturated heterocycles. The number of sulfonamides is 1. The molecule has 0 amide bonds. The SMILES string of the molecule is CCCS(=O)(=O)Nc1ccc(-c2nc(CS(C)(=O)=O)cc(N3CCOCC3)n2)cc1. The van der Waals surface area contributed by atoms with Crippen LogP contribution in [-0.2, 0) is 30.4 Å². The Morgan fingerprint density at radius 1 is 1.07 bits per heavy atom. The van der Waals surface area contributed by atoms with Crippen molar-refractivity contribution in [3.05, 3.63) is 36.0 Å². The summed E-state index contributed by atoms with van der Waals surface area (Å²) in [6, 6.07) is 8.41. The number of hydrogen-bond donors (Lipinski definition) is 1. The number of nitrogens with zero attached hydrogens (tertiary/aromatic N) is 3. The molecule has 0 radical (unpaired) electrons. The summed E-state index contributed by atoms with van der Waals surface area (Å²) in [7, 11) is -6.64. The van der Waals surface area contributed by atoms with E-state index in [1.54, 1.807) is 37.3 Å². The van der Waals surface area contributed by atoms with Gasteiger partial charge in [0.05, 0.1) is 30.4 Å². The van der Waals surface area contributed by atoms with E-state index < -0.39 is 19.9 Å². The van der Waals surface area contributed by atoms with Crippen LogP contribution in [0.5, 0.6) is 0 Å². The van der Waals surface area contributed by atoms with Crippen LogP contribution in [0.4, 0.5) is 11.5 Å². The fourth-order valence-corrected chi connectivity index (χ4v) is 4.92. The van der Waals surface area contributed by atoms with Crippen LogP contribution in [0.3, 0.4) is 0 Å². The van der Waals surface area contributed by atoms with Gasteiger partial charge in [-0.25, -0.2) is 26.8 Å². The molecule has 164 valence electrons. The Labute approximate surface area is 177 Å². The van der Waals surface area contributed by atoms with Gasteiger partial charge in [0.15, 0.2) is 15.7 Å². The molecule has 3 rings (SSSR count). The number of hydrogen-bond acceptors (Lipinski definition) is 8. The van der Waals surface area contributed by atoms with Gasteiger partial charge >= 0.3 is 0 Å². The van der Waals surface area contributed by atoms with E-state index in [2.05, 4.69) is 14.7 Å². The molecule has 2 aromatic rings. The molecule has 0 bridgehead atoms. The highest BCUT2D eigenvalue weighted by molar-refractivity contribution is 7.92. The Balaban J connectivity index is 1.92. The van der Waals surface area contributed by atoms with Crippen molar-refractivity contribution >= 4 is 31.4 Å². The van der Waals surface area contributed by atoms with E-state index in [1.807, 2.05) is 4.90 Å². The summed E-state index contributed by atoms with van der Waals surface area (Å²) in [4.78, 5) is 11.1. The molecule has 9 nitrogen and oxygen atoms in total. The highest BCUT2D eigenvalue weighted by Gasteiger charge is 2.18. The minimum atomic E-state index is -3.38. The maximum absolute atomic E-state index is 11.9. The molecule has 0 spiro atoms. The van der Waals surface area contributed by atoms with Crippen LogP contribution in [0.1, 0.15) is 19.0 Å². The summed E-state index contributed by atoms with van der Waals surface area (Å²) < 4.78 is 55.4. The second-order valence-corrected chi connectivity index (χ2v) is 11.2. The van der Waals surface area contributed by atoms with Crippen LogP contribution in [-0.4, -0.2) is 65.1 Å². The molecular formula is C19H26N4O5S2. The first kappa shape index (κ1) is 22.4. The zero-order valence-corrected chi connectivity index (χ0v) is 18.7. The Kier molecular flexibility index (Phi) is 6.94. The van der Waals surface area contributed by atoms with Crippen LogP contribution in [0.2, 0.25) is 0 Å². The molecule has 1 fully saturated rings. The maximum atomic E-state index is 11.9. The Bertz CT molecular complexity index is 1080. The first-order valence-electron chi connectivity index (χ1n) is 9.64. The van der Waals surface area contributed by atoms with Gasteiger partial charge in [0.1, 0.15) is 5.82 Å². The quantitative estimate of drug-likeness (QED) is 0.640. The minimum Gasteiger partial charge on any atom is -0.378 e. The Morgan fingerprint density at radius 3 is 2.33 bits per heavy atom. The molecule has 0 atom stereocenters. The van der Waals surface area contributed by atoms with Crippen LogP contribution in [0.15, 0.2) is 30.3 Å². The fraction of sp³-hybridized carbons (Fsp3) is 0.474. The van der Waals surface area contributed by atoms with Crippen molar-refractivity contribution in [2.24, 2.45) is 0 Å². The molecule has 0 aliphatic carbocycles. The van der Waals surface area contributed by atoms with Crippen LogP contribution < -0.4 is 9.62 Å². The van der Waals surface area contributed by atoms with Gasteiger partial charge in [-0.15, -0.1) is 0 Å².